The van der Waals surface area contributed by atoms with Gasteiger partial charge < -0.3 is 10.5 Å². The first-order chi connectivity index (χ1) is 7.31. The highest BCUT2D eigenvalue weighted by molar-refractivity contribution is 5.30. The van der Waals surface area contributed by atoms with E-state index in [1.165, 1.54) is 12.4 Å². The third-order valence-corrected chi connectivity index (χ3v) is 2.54. The average molecular weight is 204 g/mol. The number of aromatic nitrogens is 2. The summed E-state index contributed by atoms with van der Waals surface area (Å²) in [5.41, 5.74) is 6.08. The molecule has 0 spiro atoms. The van der Waals surface area contributed by atoms with Crippen LogP contribution in [0.2, 0.25) is 0 Å². The zero-order valence-electron chi connectivity index (χ0n) is 8.26. The molecular weight excluding hydrogens is 192 g/mol. The maximum absolute atomic E-state index is 8.79. The third kappa shape index (κ3) is 2.05. The lowest BCUT2D eigenvalue weighted by Gasteiger charge is -2.16. The molecular formula is C10H12N4O. The summed E-state index contributed by atoms with van der Waals surface area (Å²) < 4.78 is 5.59. The number of hydrogen-bond donors (Lipinski definition) is 1. The average Bonchev–Trinajstić information content (AvgIpc) is 2.65. The monoisotopic (exact) mass is 204 g/mol. The van der Waals surface area contributed by atoms with E-state index in [1.807, 2.05) is 6.07 Å². The highest BCUT2D eigenvalue weighted by atomic mass is 16.5. The number of nitrogens with zero attached hydrogens (tertiary/aromatic N) is 3. The molecule has 0 radical (unpaired) electrons. The summed E-state index contributed by atoms with van der Waals surface area (Å²) >= 11 is 0. The number of nitrogens with two attached hydrogens (primary N) is 1. The molecule has 2 unspecified atom stereocenters. The summed E-state index contributed by atoms with van der Waals surface area (Å²) in [6.45, 7) is 0. The van der Waals surface area contributed by atoms with Gasteiger partial charge in [-0.2, -0.15) is 5.26 Å². The molecule has 1 aromatic heterocycles. The summed E-state index contributed by atoms with van der Waals surface area (Å²) in [5.74, 6) is 0.294. The molecule has 5 nitrogen and oxygen atoms in total. The van der Waals surface area contributed by atoms with Crippen LogP contribution in [0.25, 0.3) is 0 Å². The van der Waals surface area contributed by atoms with E-state index in [9.17, 15) is 0 Å². The van der Waals surface area contributed by atoms with E-state index in [2.05, 4.69) is 9.97 Å². The fourth-order valence-electron chi connectivity index (χ4n) is 1.73. The lowest BCUT2D eigenvalue weighted by atomic mass is 10.2. The Hall–Kier alpha value is -1.67. The van der Waals surface area contributed by atoms with E-state index < -0.39 is 0 Å². The standard InChI is InChI=1S/C10H12N4O/c11-6-8-10(14-5-4-13-8)15-9-3-1-2-7(9)12/h4-5,7,9H,1-3,12H2. The Bertz CT molecular complexity index is 387. The van der Waals surface area contributed by atoms with E-state index in [0.29, 0.717) is 5.88 Å². The maximum atomic E-state index is 8.79. The van der Waals surface area contributed by atoms with Crippen molar-refractivity contribution < 1.29 is 4.74 Å². The minimum absolute atomic E-state index is 0.0335. The summed E-state index contributed by atoms with van der Waals surface area (Å²) in [6, 6.07) is 1.99. The number of hydrogen-bond acceptors (Lipinski definition) is 5. The first-order valence-electron chi connectivity index (χ1n) is 4.94. The smallest absolute Gasteiger partial charge is 0.251 e. The van der Waals surface area contributed by atoms with Gasteiger partial charge in [-0.05, 0) is 19.3 Å². The Morgan fingerprint density at radius 2 is 2.20 bits per heavy atom. The zero-order chi connectivity index (χ0) is 10.7. The van der Waals surface area contributed by atoms with Crippen molar-refractivity contribution in [1.29, 1.82) is 5.26 Å². The largest absolute Gasteiger partial charge is 0.471 e. The summed E-state index contributed by atoms with van der Waals surface area (Å²) in [5, 5.41) is 8.79. The molecule has 1 saturated carbocycles. The quantitative estimate of drug-likeness (QED) is 0.762. The molecule has 78 valence electrons. The maximum Gasteiger partial charge on any atom is 0.251 e. The van der Waals surface area contributed by atoms with Gasteiger partial charge in [0, 0.05) is 18.4 Å². The van der Waals surface area contributed by atoms with Crippen molar-refractivity contribution in [2.75, 3.05) is 0 Å². The fraction of sp³-hybridized carbons (Fsp3) is 0.500. The van der Waals surface area contributed by atoms with Crippen LogP contribution in [0.1, 0.15) is 25.0 Å². The van der Waals surface area contributed by atoms with Gasteiger partial charge in [0.05, 0.1) is 0 Å². The summed E-state index contributed by atoms with van der Waals surface area (Å²) in [7, 11) is 0. The molecule has 1 fully saturated rings. The molecule has 2 rings (SSSR count). The zero-order valence-corrected chi connectivity index (χ0v) is 8.26. The van der Waals surface area contributed by atoms with Crippen molar-refractivity contribution in [1.82, 2.24) is 9.97 Å². The number of ether oxygens (including phenoxy) is 1. The topological polar surface area (TPSA) is 84.8 Å². The van der Waals surface area contributed by atoms with Crippen molar-refractivity contribution in [2.24, 2.45) is 5.73 Å². The van der Waals surface area contributed by atoms with Crippen molar-refractivity contribution >= 4 is 0 Å². The first kappa shape index (κ1) is 9.87. The molecule has 0 aliphatic heterocycles. The fourth-order valence-corrected chi connectivity index (χ4v) is 1.73. The SMILES string of the molecule is N#Cc1nccnc1OC1CCCC1N. The van der Waals surface area contributed by atoms with Gasteiger partial charge in [-0.25, -0.2) is 9.97 Å². The molecule has 1 heterocycles. The lowest BCUT2D eigenvalue weighted by molar-refractivity contribution is 0.182. The molecule has 0 bridgehead atoms. The summed E-state index contributed by atoms with van der Waals surface area (Å²) in [6.07, 6.45) is 5.90. The lowest BCUT2D eigenvalue weighted by Crippen LogP contribution is -2.34. The predicted octanol–water partition coefficient (Wildman–Crippen LogP) is 0.607. The molecule has 15 heavy (non-hydrogen) atoms. The molecule has 1 aliphatic carbocycles. The van der Waals surface area contributed by atoms with E-state index in [4.69, 9.17) is 15.7 Å². The molecule has 5 heteroatoms. The van der Waals surface area contributed by atoms with Gasteiger partial charge in [-0.1, -0.05) is 0 Å². The van der Waals surface area contributed by atoms with Crippen molar-refractivity contribution in [3.05, 3.63) is 18.1 Å². The van der Waals surface area contributed by atoms with Crippen LogP contribution in [0.15, 0.2) is 12.4 Å². The molecule has 1 aromatic rings. The third-order valence-electron chi connectivity index (χ3n) is 2.54. The normalized spacial score (nSPS) is 24.8. The van der Waals surface area contributed by atoms with Gasteiger partial charge in [-0.15, -0.1) is 0 Å². The van der Waals surface area contributed by atoms with Crippen LogP contribution in [-0.4, -0.2) is 22.1 Å². The first-order valence-corrected chi connectivity index (χ1v) is 4.94. The van der Waals surface area contributed by atoms with Crippen LogP contribution in [0, 0.1) is 11.3 Å². The molecule has 1 aliphatic rings. The van der Waals surface area contributed by atoms with Crippen molar-refractivity contribution in [2.45, 2.75) is 31.4 Å². The van der Waals surface area contributed by atoms with E-state index in [1.54, 1.807) is 0 Å². The van der Waals surface area contributed by atoms with Gasteiger partial charge in [0.15, 0.2) is 0 Å². The second kappa shape index (κ2) is 4.24. The Morgan fingerprint density at radius 1 is 1.40 bits per heavy atom. The van der Waals surface area contributed by atoms with Gasteiger partial charge in [0.25, 0.3) is 5.88 Å². The molecule has 0 aromatic carbocycles. The van der Waals surface area contributed by atoms with Crippen molar-refractivity contribution in [3.8, 4) is 11.9 Å². The van der Waals surface area contributed by atoms with Crippen LogP contribution in [0.5, 0.6) is 5.88 Å². The van der Waals surface area contributed by atoms with Crippen LogP contribution in [-0.2, 0) is 0 Å². The number of rotatable bonds is 2. The predicted molar refractivity (Wildman–Crippen MR) is 53.0 cm³/mol. The van der Waals surface area contributed by atoms with Gasteiger partial charge in [0.1, 0.15) is 12.2 Å². The highest BCUT2D eigenvalue weighted by Crippen LogP contribution is 2.23. The van der Waals surface area contributed by atoms with Crippen LogP contribution < -0.4 is 10.5 Å². The second-order valence-electron chi connectivity index (χ2n) is 3.57. The van der Waals surface area contributed by atoms with Gasteiger partial charge in [0.2, 0.25) is 5.69 Å². The Kier molecular flexibility index (Phi) is 2.79. The van der Waals surface area contributed by atoms with Gasteiger partial charge in [-0.3, -0.25) is 0 Å². The van der Waals surface area contributed by atoms with Gasteiger partial charge >= 0.3 is 0 Å². The Balaban J connectivity index is 2.14. The minimum atomic E-state index is -0.0335. The van der Waals surface area contributed by atoms with Crippen LogP contribution >= 0.6 is 0 Å². The summed E-state index contributed by atoms with van der Waals surface area (Å²) in [4.78, 5) is 7.86. The Labute approximate surface area is 87.9 Å². The molecule has 2 N–H and O–H groups in total. The highest BCUT2D eigenvalue weighted by Gasteiger charge is 2.26. The van der Waals surface area contributed by atoms with E-state index >= 15 is 0 Å². The Morgan fingerprint density at radius 3 is 2.87 bits per heavy atom. The van der Waals surface area contributed by atoms with Crippen molar-refractivity contribution in [3.63, 3.8) is 0 Å². The molecule has 0 amide bonds. The van der Waals surface area contributed by atoms with E-state index in [0.717, 1.165) is 19.3 Å². The van der Waals surface area contributed by atoms with Crippen LogP contribution in [0.4, 0.5) is 0 Å². The second-order valence-corrected chi connectivity index (χ2v) is 3.57. The molecule has 2 atom stereocenters. The van der Waals surface area contributed by atoms with Crippen LogP contribution in [0.3, 0.4) is 0 Å². The number of nitriles is 1. The minimum Gasteiger partial charge on any atom is -0.471 e. The molecule has 0 saturated heterocycles. The van der Waals surface area contributed by atoms with E-state index in [-0.39, 0.29) is 17.8 Å².